The van der Waals surface area contributed by atoms with E-state index in [1.807, 2.05) is 11.8 Å². The fourth-order valence-electron chi connectivity index (χ4n) is 1.06. The first-order valence-electron chi connectivity index (χ1n) is 4.64. The van der Waals surface area contributed by atoms with E-state index in [0.29, 0.717) is 0 Å². The molecule has 0 bridgehead atoms. The van der Waals surface area contributed by atoms with E-state index in [4.69, 9.17) is 0 Å². The van der Waals surface area contributed by atoms with E-state index in [2.05, 4.69) is 50.2 Å². The fourth-order valence-corrected chi connectivity index (χ4v) is 1.83. The van der Waals surface area contributed by atoms with E-state index in [-0.39, 0.29) is 0 Å². The molecule has 0 fully saturated rings. The lowest BCUT2D eigenvalue weighted by atomic mass is 10.3. The molecule has 2 heteroatoms. The van der Waals surface area contributed by atoms with Gasteiger partial charge in [0.2, 0.25) is 0 Å². The minimum absolute atomic E-state index is 1.21. The quantitative estimate of drug-likeness (QED) is 0.678. The second-order valence-corrected chi connectivity index (χ2v) is 4.41. The third kappa shape index (κ3) is 3.31. The minimum Gasteiger partial charge on any atom is -0.378 e. The van der Waals surface area contributed by atoms with E-state index in [9.17, 15) is 0 Å². The highest BCUT2D eigenvalue weighted by atomic mass is 32.2. The molecule has 1 aromatic rings. The summed E-state index contributed by atoms with van der Waals surface area (Å²) in [6, 6.07) is 8.71. The highest BCUT2D eigenvalue weighted by molar-refractivity contribution is 7.99. The molecule has 0 heterocycles. The Hall–Kier alpha value is -0.630. The Balaban J connectivity index is 2.59. The van der Waals surface area contributed by atoms with Crippen molar-refractivity contribution in [2.24, 2.45) is 0 Å². The van der Waals surface area contributed by atoms with Crippen molar-refractivity contribution in [3.63, 3.8) is 0 Å². The summed E-state index contributed by atoms with van der Waals surface area (Å²) in [5.41, 5.74) is 1.26. The average Bonchev–Trinajstić information content (AvgIpc) is 2.15. The Morgan fingerprint density at radius 2 is 1.77 bits per heavy atom. The molecule has 0 amide bonds. The first kappa shape index (κ1) is 10.5. The summed E-state index contributed by atoms with van der Waals surface area (Å²) in [7, 11) is 4.13. The molecule has 0 aliphatic rings. The molecule has 0 saturated carbocycles. The van der Waals surface area contributed by atoms with Crippen LogP contribution in [-0.4, -0.2) is 19.8 Å². The number of benzene rings is 1. The smallest absolute Gasteiger partial charge is 0.0361 e. The predicted molar refractivity (Wildman–Crippen MR) is 61.8 cm³/mol. The number of hydrogen-bond acceptors (Lipinski definition) is 2. The summed E-state index contributed by atoms with van der Waals surface area (Å²) in [6.45, 7) is 2.21. The second-order valence-electron chi connectivity index (χ2n) is 3.24. The van der Waals surface area contributed by atoms with Crippen LogP contribution < -0.4 is 4.90 Å². The summed E-state index contributed by atoms with van der Waals surface area (Å²) in [5.74, 6) is 1.21. The molecule has 1 rings (SSSR count). The first-order valence-corrected chi connectivity index (χ1v) is 5.62. The topological polar surface area (TPSA) is 3.24 Å². The van der Waals surface area contributed by atoms with E-state index >= 15 is 0 Å². The highest BCUT2D eigenvalue weighted by Crippen LogP contribution is 2.21. The molecule has 0 spiro atoms. The van der Waals surface area contributed by atoms with Crippen molar-refractivity contribution in [2.45, 2.75) is 18.2 Å². The molecule has 0 aliphatic carbocycles. The van der Waals surface area contributed by atoms with Crippen molar-refractivity contribution in [3.05, 3.63) is 24.3 Å². The number of thioether (sulfide) groups is 1. The van der Waals surface area contributed by atoms with E-state index in [1.54, 1.807) is 0 Å². The highest BCUT2D eigenvalue weighted by Gasteiger charge is 1.95. The summed E-state index contributed by atoms with van der Waals surface area (Å²) < 4.78 is 0. The maximum atomic E-state index is 2.21. The van der Waals surface area contributed by atoms with Crippen molar-refractivity contribution >= 4 is 17.4 Å². The van der Waals surface area contributed by atoms with Crippen LogP contribution in [0.15, 0.2) is 29.2 Å². The zero-order valence-electron chi connectivity index (χ0n) is 8.58. The van der Waals surface area contributed by atoms with Gasteiger partial charge in [0.25, 0.3) is 0 Å². The van der Waals surface area contributed by atoms with Crippen LogP contribution in [0.2, 0.25) is 0 Å². The number of anilines is 1. The first-order chi connectivity index (χ1) is 6.24. The molecule has 72 valence electrons. The van der Waals surface area contributed by atoms with Gasteiger partial charge in [-0.05, 0) is 36.4 Å². The molecule has 13 heavy (non-hydrogen) atoms. The molecule has 0 saturated heterocycles. The zero-order valence-corrected chi connectivity index (χ0v) is 9.40. The largest absolute Gasteiger partial charge is 0.378 e. The van der Waals surface area contributed by atoms with Gasteiger partial charge in [-0.25, -0.2) is 0 Å². The van der Waals surface area contributed by atoms with Gasteiger partial charge in [-0.1, -0.05) is 6.92 Å². The van der Waals surface area contributed by atoms with Crippen LogP contribution >= 0.6 is 11.8 Å². The molecule has 0 aliphatic heterocycles. The number of hydrogen-bond donors (Lipinski definition) is 0. The lowest BCUT2D eigenvalue weighted by Crippen LogP contribution is -2.07. The third-order valence-corrected chi connectivity index (χ3v) is 3.04. The molecular weight excluding hydrogens is 178 g/mol. The summed E-state index contributed by atoms with van der Waals surface area (Å²) in [4.78, 5) is 3.49. The van der Waals surface area contributed by atoms with Crippen LogP contribution in [0.3, 0.4) is 0 Å². The standard InChI is InChI=1S/C11H17NS/c1-4-9-13-11-7-5-10(6-8-11)12(2)3/h5-8H,4,9H2,1-3H3. The van der Waals surface area contributed by atoms with Crippen molar-refractivity contribution in [1.29, 1.82) is 0 Å². The van der Waals surface area contributed by atoms with Crippen LogP contribution in [0.4, 0.5) is 5.69 Å². The number of rotatable bonds is 4. The van der Waals surface area contributed by atoms with Gasteiger partial charge in [0.1, 0.15) is 0 Å². The van der Waals surface area contributed by atoms with Gasteiger partial charge < -0.3 is 4.90 Å². The Labute approximate surface area is 85.1 Å². The summed E-state index contributed by atoms with van der Waals surface area (Å²) in [6.07, 6.45) is 1.24. The van der Waals surface area contributed by atoms with E-state index in [0.717, 1.165) is 0 Å². The SMILES string of the molecule is CCCSc1ccc(N(C)C)cc1. The van der Waals surface area contributed by atoms with E-state index in [1.165, 1.54) is 22.8 Å². The maximum Gasteiger partial charge on any atom is 0.0361 e. The predicted octanol–water partition coefficient (Wildman–Crippen LogP) is 3.25. The van der Waals surface area contributed by atoms with E-state index < -0.39 is 0 Å². The van der Waals surface area contributed by atoms with Crippen molar-refractivity contribution in [3.8, 4) is 0 Å². The Kier molecular flexibility index (Phi) is 4.16. The Morgan fingerprint density at radius 1 is 1.15 bits per heavy atom. The molecule has 0 atom stereocenters. The van der Waals surface area contributed by atoms with Crippen LogP contribution in [0.1, 0.15) is 13.3 Å². The van der Waals surface area contributed by atoms with Gasteiger partial charge in [0.05, 0.1) is 0 Å². The summed E-state index contributed by atoms with van der Waals surface area (Å²) in [5, 5.41) is 0. The second kappa shape index (κ2) is 5.18. The third-order valence-electron chi connectivity index (χ3n) is 1.83. The molecule has 0 radical (unpaired) electrons. The Morgan fingerprint density at radius 3 is 2.23 bits per heavy atom. The lowest BCUT2D eigenvalue weighted by Gasteiger charge is -2.12. The molecule has 1 nitrogen and oxygen atoms in total. The molecule has 1 aromatic carbocycles. The normalized spacial score (nSPS) is 10.1. The minimum atomic E-state index is 1.21. The average molecular weight is 195 g/mol. The monoisotopic (exact) mass is 195 g/mol. The Bertz CT molecular complexity index is 241. The molecule has 0 unspecified atom stereocenters. The van der Waals surface area contributed by atoms with Crippen LogP contribution in [0.5, 0.6) is 0 Å². The van der Waals surface area contributed by atoms with Gasteiger partial charge in [-0.3, -0.25) is 0 Å². The van der Waals surface area contributed by atoms with Crippen molar-refractivity contribution in [1.82, 2.24) is 0 Å². The van der Waals surface area contributed by atoms with Crippen molar-refractivity contribution in [2.75, 3.05) is 24.7 Å². The molecular formula is C11H17NS. The van der Waals surface area contributed by atoms with Crippen LogP contribution in [-0.2, 0) is 0 Å². The van der Waals surface area contributed by atoms with Gasteiger partial charge in [0.15, 0.2) is 0 Å². The molecule has 0 aromatic heterocycles. The van der Waals surface area contributed by atoms with Crippen LogP contribution in [0.25, 0.3) is 0 Å². The van der Waals surface area contributed by atoms with Crippen molar-refractivity contribution < 1.29 is 0 Å². The van der Waals surface area contributed by atoms with Gasteiger partial charge >= 0.3 is 0 Å². The lowest BCUT2D eigenvalue weighted by molar-refractivity contribution is 1.10. The molecule has 0 N–H and O–H groups in total. The maximum absolute atomic E-state index is 2.21. The summed E-state index contributed by atoms with van der Waals surface area (Å²) >= 11 is 1.92. The zero-order chi connectivity index (χ0) is 9.68. The van der Waals surface area contributed by atoms with Gasteiger partial charge in [0, 0.05) is 24.7 Å². The van der Waals surface area contributed by atoms with Crippen LogP contribution in [0, 0.1) is 0 Å². The van der Waals surface area contributed by atoms with Gasteiger partial charge in [-0.15, -0.1) is 11.8 Å². The fraction of sp³-hybridized carbons (Fsp3) is 0.455. The van der Waals surface area contributed by atoms with Gasteiger partial charge in [-0.2, -0.15) is 0 Å². The number of nitrogens with zero attached hydrogens (tertiary/aromatic N) is 1.